The van der Waals surface area contributed by atoms with Crippen LogP contribution in [0.4, 0.5) is 4.79 Å². The second-order valence-corrected chi connectivity index (χ2v) is 4.76. The van der Waals surface area contributed by atoms with Crippen LogP contribution in [0.2, 0.25) is 0 Å². The van der Waals surface area contributed by atoms with Gasteiger partial charge >= 0.3 is 12.0 Å². The van der Waals surface area contributed by atoms with Crippen molar-refractivity contribution in [2.45, 2.75) is 32.9 Å². The van der Waals surface area contributed by atoms with Gasteiger partial charge in [-0.05, 0) is 31.0 Å². The van der Waals surface area contributed by atoms with Crippen LogP contribution in [0.15, 0.2) is 24.3 Å². The average molecular weight is 308 g/mol. The highest BCUT2D eigenvalue weighted by molar-refractivity contribution is 5.97. The highest BCUT2D eigenvalue weighted by Gasteiger charge is 2.13. The molecule has 3 N–H and O–H groups in total. The van der Waals surface area contributed by atoms with Gasteiger partial charge in [-0.1, -0.05) is 19.1 Å². The molecule has 0 bridgehead atoms. The fraction of sp³-hybridized carbons (Fsp3) is 0.400. The van der Waals surface area contributed by atoms with Crippen LogP contribution in [0.5, 0.6) is 0 Å². The van der Waals surface area contributed by atoms with Crippen LogP contribution in [0.3, 0.4) is 0 Å². The van der Waals surface area contributed by atoms with Crippen LogP contribution in [0.1, 0.15) is 36.2 Å². The van der Waals surface area contributed by atoms with E-state index in [4.69, 9.17) is 9.84 Å². The van der Waals surface area contributed by atoms with E-state index in [1.54, 1.807) is 19.1 Å². The number of urea groups is 1. The monoisotopic (exact) mass is 308 g/mol. The maximum atomic E-state index is 11.7. The first-order valence-corrected chi connectivity index (χ1v) is 6.93. The normalized spacial score (nSPS) is 11.4. The minimum atomic E-state index is -0.707. The molecule has 1 rings (SSSR count). The third-order valence-corrected chi connectivity index (χ3v) is 2.95. The Labute approximate surface area is 128 Å². The molecule has 0 aliphatic rings. The zero-order valence-electron chi connectivity index (χ0n) is 12.6. The number of amides is 3. The topological polar surface area (TPSA) is 105 Å². The second kappa shape index (κ2) is 8.78. The van der Waals surface area contributed by atoms with Crippen LogP contribution < -0.4 is 10.6 Å². The van der Waals surface area contributed by atoms with E-state index < -0.39 is 24.5 Å². The van der Waals surface area contributed by atoms with Crippen LogP contribution in [-0.4, -0.2) is 35.7 Å². The van der Waals surface area contributed by atoms with Gasteiger partial charge in [0.25, 0.3) is 5.91 Å². The summed E-state index contributed by atoms with van der Waals surface area (Å²) >= 11 is 0. The maximum absolute atomic E-state index is 11.7. The van der Waals surface area contributed by atoms with Crippen molar-refractivity contribution in [1.29, 1.82) is 0 Å². The molecular formula is C15H20N2O5. The number of hydrogen-bond acceptors (Lipinski definition) is 5. The Hall–Kier alpha value is -2.41. The molecule has 1 atom stereocenters. The standard InChI is InChI=1S/C15H20N2O5/c1-3-10(2)16-15(21)17-13(19)9-22-14(20)12-6-4-11(8-18)5-7-12/h4-7,10,18H,3,8-9H2,1-2H3,(H2,16,17,19,21)/t10-/m1/s1. The number of nitrogens with one attached hydrogen (secondary N) is 2. The van der Waals surface area contributed by atoms with Crippen molar-refractivity contribution in [3.8, 4) is 0 Å². The first-order chi connectivity index (χ1) is 10.5. The number of carbonyl (C=O) groups excluding carboxylic acids is 3. The summed E-state index contributed by atoms with van der Waals surface area (Å²) in [4.78, 5) is 34.6. The Kier molecular flexibility index (Phi) is 7.04. The summed E-state index contributed by atoms with van der Waals surface area (Å²) in [7, 11) is 0. The number of esters is 1. The first-order valence-electron chi connectivity index (χ1n) is 6.93. The van der Waals surface area contributed by atoms with E-state index in [1.807, 2.05) is 6.92 Å². The molecular weight excluding hydrogens is 288 g/mol. The molecule has 7 nitrogen and oxygen atoms in total. The van der Waals surface area contributed by atoms with Gasteiger partial charge in [0, 0.05) is 6.04 Å². The molecule has 0 aromatic heterocycles. The summed E-state index contributed by atoms with van der Waals surface area (Å²) in [6.45, 7) is 3.04. The van der Waals surface area contributed by atoms with Gasteiger partial charge in [0.05, 0.1) is 12.2 Å². The minimum Gasteiger partial charge on any atom is -0.452 e. The Morgan fingerprint density at radius 1 is 1.23 bits per heavy atom. The van der Waals surface area contributed by atoms with Crippen LogP contribution in [0, 0.1) is 0 Å². The highest BCUT2D eigenvalue weighted by Crippen LogP contribution is 2.05. The number of rotatable bonds is 6. The number of imide groups is 1. The smallest absolute Gasteiger partial charge is 0.338 e. The molecule has 0 unspecified atom stereocenters. The quantitative estimate of drug-likeness (QED) is 0.679. The van der Waals surface area contributed by atoms with Gasteiger partial charge < -0.3 is 15.2 Å². The molecule has 0 saturated carbocycles. The summed E-state index contributed by atoms with van der Waals surface area (Å²) in [5.41, 5.74) is 0.921. The van der Waals surface area contributed by atoms with Crippen molar-refractivity contribution in [3.63, 3.8) is 0 Å². The Balaban J connectivity index is 2.39. The van der Waals surface area contributed by atoms with Gasteiger partial charge in [-0.15, -0.1) is 0 Å². The Morgan fingerprint density at radius 3 is 2.41 bits per heavy atom. The van der Waals surface area contributed by atoms with Crippen molar-refractivity contribution < 1.29 is 24.2 Å². The molecule has 0 aliphatic carbocycles. The van der Waals surface area contributed by atoms with E-state index >= 15 is 0 Å². The molecule has 0 aliphatic heterocycles. The molecule has 0 saturated heterocycles. The zero-order chi connectivity index (χ0) is 16.5. The largest absolute Gasteiger partial charge is 0.452 e. The molecule has 0 fully saturated rings. The second-order valence-electron chi connectivity index (χ2n) is 4.76. The summed E-state index contributed by atoms with van der Waals surface area (Å²) in [5, 5.41) is 13.5. The van der Waals surface area contributed by atoms with Crippen LogP contribution >= 0.6 is 0 Å². The zero-order valence-corrected chi connectivity index (χ0v) is 12.6. The van der Waals surface area contributed by atoms with Crippen molar-refractivity contribution >= 4 is 17.9 Å². The number of benzene rings is 1. The fourth-order valence-electron chi connectivity index (χ4n) is 1.49. The average Bonchev–Trinajstić information content (AvgIpc) is 2.52. The predicted molar refractivity (Wildman–Crippen MR) is 79.1 cm³/mol. The number of aliphatic hydroxyl groups is 1. The lowest BCUT2D eigenvalue weighted by Crippen LogP contribution is -2.44. The molecule has 1 aromatic carbocycles. The third kappa shape index (κ3) is 5.92. The molecule has 0 heterocycles. The molecule has 7 heteroatoms. The molecule has 120 valence electrons. The van der Waals surface area contributed by atoms with E-state index in [-0.39, 0.29) is 18.2 Å². The molecule has 3 amide bonds. The number of aliphatic hydroxyl groups excluding tert-OH is 1. The van der Waals surface area contributed by atoms with Gasteiger partial charge in [-0.2, -0.15) is 0 Å². The van der Waals surface area contributed by atoms with Crippen LogP contribution in [-0.2, 0) is 16.1 Å². The van der Waals surface area contributed by atoms with Crippen LogP contribution in [0.25, 0.3) is 0 Å². The van der Waals surface area contributed by atoms with E-state index in [2.05, 4.69) is 10.6 Å². The Morgan fingerprint density at radius 2 is 1.86 bits per heavy atom. The lowest BCUT2D eigenvalue weighted by molar-refractivity contribution is -0.123. The number of hydrogen-bond donors (Lipinski definition) is 3. The van der Waals surface area contributed by atoms with Crippen molar-refractivity contribution in [3.05, 3.63) is 35.4 Å². The lowest BCUT2D eigenvalue weighted by Gasteiger charge is -2.11. The SMILES string of the molecule is CC[C@@H](C)NC(=O)NC(=O)COC(=O)c1ccc(CO)cc1. The van der Waals surface area contributed by atoms with E-state index in [1.165, 1.54) is 12.1 Å². The van der Waals surface area contributed by atoms with Gasteiger partial charge in [0.15, 0.2) is 6.61 Å². The van der Waals surface area contributed by atoms with Gasteiger partial charge in [-0.25, -0.2) is 9.59 Å². The van der Waals surface area contributed by atoms with Gasteiger partial charge in [0.1, 0.15) is 0 Å². The molecule has 1 aromatic rings. The Bertz CT molecular complexity index is 527. The minimum absolute atomic E-state index is 0.0552. The van der Waals surface area contributed by atoms with Gasteiger partial charge in [0.2, 0.25) is 0 Å². The fourth-order valence-corrected chi connectivity index (χ4v) is 1.49. The summed E-state index contributed by atoms with van der Waals surface area (Å²) in [5.74, 6) is -1.39. The predicted octanol–water partition coefficient (Wildman–Crippen LogP) is 0.960. The lowest BCUT2D eigenvalue weighted by atomic mass is 10.1. The van der Waals surface area contributed by atoms with Crippen molar-refractivity contribution in [2.24, 2.45) is 0 Å². The molecule has 22 heavy (non-hydrogen) atoms. The van der Waals surface area contributed by atoms with Crippen molar-refractivity contribution in [1.82, 2.24) is 10.6 Å². The van der Waals surface area contributed by atoms with Crippen molar-refractivity contribution in [2.75, 3.05) is 6.61 Å². The molecule has 0 spiro atoms. The van der Waals surface area contributed by atoms with E-state index in [0.29, 0.717) is 5.56 Å². The van der Waals surface area contributed by atoms with E-state index in [0.717, 1.165) is 6.42 Å². The van der Waals surface area contributed by atoms with Gasteiger partial charge in [-0.3, -0.25) is 10.1 Å². The summed E-state index contributed by atoms with van der Waals surface area (Å²) in [6.07, 6.45) is 0.737. The number of carbonyl (C=O) groups is 3. The summed E-state index contributed by atoms with van der Waals surface area (Å²) < 4.78 is 4.80. The highest BCUT2D eigenvalue weighted by atomic mass is 16.5. The maximum Gasteiger partial charge on any atom is 0.338 e. The first kappa shape index (κ1) is 17.6. The summed E-state index contributed by atoms with van der Waals surface area (Å²) in [6, 6.07) is 5.46. The number of ether oxygens (including phenoxy) is 1. The van der Waals surface area contributed by atoms with E-state index in [9.17, 15) is 14.4 Å². The third-order valence-electron chi connectivity index (χ3n) is 2.95. The molecule has 0 radical (unpaired) electrons.